The molecular weight excluding hydrogens is 290 g/mol. The first kappa shape index (κ1) is 13.6. The van der Waals surface area contributed by atoms with E-state index in [4.69, 9.17) is 5.14 Å². The van der Waals surface area contributed by atoms with Crippen LogP contribution in [-0.2, 0) is 16.6 Å². The molecule has 5 nitrogen and oxygen atoms in total. The Morgan fingerprint density at radius 1 is 1.44 bits per heavy atom. The van der Waals surface area contributed by atoms with Crippen molar-refractivity contribution in [3.05, 3.63) is 27.4 Å². The monoisotopic (exact) mass is 303 g/mol. The lowest BCUT2D eigenvalue weighted by Gasteiger charge is -1.99. The van der Waals surface area contributed by atoms with Gasteiger partial charge < -0.3 is 0 Å². The number of aromatic nitrogens is 1. The predicted octanol–water partition coefficient (Wildman–Crippen LogP) is 1.52. The average molecular weight is 303 g/mol. The van der Waals surface area contributed by atoms with Crippen molar-refractivity contribution in [3.63, 3.8) is 0 Å². The molecule has 18 heavy (non-hydrogen) atoms. The second-order valence-electron chi connectivity index (χ2n) is 3.71. The molecule has 98 valence electrons. The highest BCUT2D eigenvalue weighted by Crippen LogP contribution is 2.29. The summed E-state index contributed by atoms with van der Waals surface area (Å²) >= 11 is 3.24. The highest BCUT2D eigenvalue weighted by atomic mass is 32.2. The topological polar surface area (TPSA) is 85.1 Å². The molecule has 0 saturated heterocycles. The second-order valence-corrected chi connectivity index (χ2v) is 7.32. The number of rotatable bonds is 5. The van der Waals surface area contributed by atoms with Gasteiger partial charge in [-0.3, -0.25) is 0 Å². The average Bonchev–Trinajstić information content (AvgIpc) is 2.85. The molecule has 0 saturated carbocycles. The fraction of sp³-hybridized carbons (Fsp3) is 0.300. The maximum Gasteiger partial charge on any atom is 0.274 e. The fourth-order valence-electron chi connectivity index (χ4n) is 1.44. The predicted molar refractivity (Wildman–Crippen MR) is 75.0 cm³/mol. The van der Waals surface area contributed by atoms with Gasteiger partial charge in [0.15, 0.2) is 0 Å². The Labute approximate surface area is 114 Å². The van der Waals surface area contributed by atoms with Gasteiger partial charge in [0.05, 0.1) is 15.6 Å². The first-order chi connectivity index (χ1) is 8.44. The van der Waals surface area contributed by atoms with Gasteiger partial charge in [0.1, 0.15) is 0 Å². The summed E-state index contributed by atoms with van der Waals surface area (Å²) in [4.78, 5) is 6.62. The summed E-state index contributed by atoms with van der Waals surface area (Å²) in [5.74, 6) is 0. The van der Waals surface area contributed by atoms with Crippen LogP contribution in [0.25, 0.3) is 10.6 Å². The van der Waals surface area contributed by atoms with Crippen LogP contribution in [0.15, 0.2) is 17.5 Å². The minimum atomic E-state index is -3.59. The van der Waals surface area contributed by atoms with Gasteiger partial charge in [-0.2, -0.15) is 8.42 Å². The minimum absolute atomic E-state index is 0.314. The highest BCUT2D eigenvalue weighted by Gasteiger charge is 2.07. The first-order valence-corrected chi connectivity index (χ1v) is 8.47. The molecule has 3 N–H and O–H groups in total. The molecule has 8 heteroatoms. The summed E-state index contributed by atoms with van der Waals surface area (Å²) in [6, 6.07) is 3.99. The summed E-state index contributed by atoms with van der Waals surface area (Å²) in [6.45, 7) is 2.29. The van der Waals surface area contributed by atoms with E-state index in [0.29, 0.717) is 13.0 Å². The molecule has 0 aromatic carbocycles. The molecule has 0 spiro atoms. The van der Waals surface area contributed by atoms with Gasteiger partial charge in [0.25, 0.3) is 10.2 Å². The van der Waals surface area contributed by atoms with Gasteiger partial charge >= 0.3 is 0 Å². The van der Waals surface area contributed by atoms with E-state index in [0.717, 1.165) is 20.5 Å². The third-order valence-corrected chi connectivity index (χ3v) is 4.76. The third-order valence-electron chi connectivity index (χ3n) is 2.21. The Bertz CT molecular complexity index is 630. The molecule has 0 amide bonds. The molecule has 0 radical (unpaired) electrons. The van der Waals surface area contributed by atoms with Crippen LogP contribution in [-0.4, -0.2) is 19.9 Å². The third kappa shape index (κ3) is 3.85. The summed E-state index contributed by atoms with van der Waals surface area (Å²) in [5.41, 5.74) is 0.980. The number of nitrogens with zero attached hydrogens (tertiary/aromatic N) is 1. The smallest absolute Gasteiger partial charge is 0.241 e. The Balaban J connectivity index is 1.98. The Hall–Kier alpha value is -0.800. The lowest BCUT2D eigenvalue weighted by Crippen LogP contribution is -2.32. The largest absolute Gasteiger partial charge is 0.274 e. The molecular formula is C10H13N3O2S3. The minimum Gasteiger partial charge on any atom is -0.241 e. The van der Waals surface area contributed by atoms with Crippen LogP contribution < -0.4 is 9.86 Å². The standard InChI is InChI=1S/C10H13N3O2S3/c1-7-13-9(6-16-7)10-3-2-8(17-10)4-5-12-18(11,14)15/h2-3,6,12H,4-5H2,1H3,(H2,11,14,15). The van der Waals surface area contributed by atoms with Crippen molar-refractivity contribution in [1.29, 1.82) is 0 Å². The van der Waals surface area contributed by atoms with Crippen molar-refractivity contribution in [2.24, 2.45) is 5.14 Å². The zero-order valence-electron chi connectivity index (χ0n) is 9.71. The van der Waals surface area contributed by atoms with Crippen LogP contribution in [0.2, 0.25) is 0 Å². The Morgan fingerprint density at radius 2 is 2.22 bits per heavy atom. The Kier molecular flexibility index (Phi) is 4.13. The summed E-state index contributed by atoms with van der Waals surface area (Å²) in [5, 5.41) is 7.91. The zero-order chi connectivity index (χ0) is 13.2. The van der Waals surface area contributed by atoms with E-state index < -0.39 is 10.2 Å². The molecule has 2 rings (SSSR count). The van der Waals surface area contributed by atoms with Gasteiger partial charge in [-0.05, 0) is 25.5 Å². The van der Waals surface area contributed by atoms with Crippen molar-refractivity contribution >= 4 is 32.9 Å². The maximum absolute atomic E-state index is 10.7. The molecule has 0 fully saturated rings. The lowest BCUT2D eigenvalue weighted by molar-refractivity contribution is 0.583. The number of nitrogens with two attached hydrogens (primary N) is 1. The number of thiophene rings is 1. The fourth-order valence-corrected chi connectivity index (χ4v) is 3.49. The van der Waals surface area contributed by atoms with Crippen LogP contribution in [0, 0.1) is 6.92 Å². The molecule has 0 atom stereocenters. The van der Waals surface area contributed by atoms with Crippen molar-refractivity contribution in [3.8, 4) is 10.6 Å². The van der Waals surface area contributed by atoms with Crippen molar-refractivity contribution < 1.29 is 8.42 Å². The van der Waals surface area contributed by atoms with Gasteiger partial charge in [-0.15, -0.1) is 22.7 Å². The molecule has 0 aliphatic carbocycles. The molecule has 2 aromatic rings. The van der Waals surface area contributed by atoms with Crippen molar-refractivity contribution in [2.45, 2.75) is 13.3 Å². The van der Waals surface area contributed by atoms with Crippen LogP contribution in [0.5, 0.6) is 0 Å². The highest BCUT2D eigenvalue weighted by molar-refractivity contribution is 7.87. The summed E-state index contributed by atoms with van der Waals surface area (Å²) in [7, 11) is -3.59. The van der Waals surface area contributed by atoms with Crippen molar-refractivity contribution in [2.75, 3.05) is 6.54 Å². The van der Waals surface area contributed by atoms with Crippen LogP contribution in [0.1, 0.15) is 9.88 Å². The molecule has 0 aliphatic heterocycles. The molecule has 2 heterocycles. The second kappa shape index (κ2) is 5.45. The van der Waals surface area contributed by atoms with Crippen LogP contribution >= 0.6 is 22.7 Å². The first-order valence-electron chi connectivity index (χ1n) is 5.22. The number of hydrogen-bond donors (Lipinski definition) is 2. The molecule has 0 bridgehead atoms. The van der Waals surface area contributed by atoms with Crippen LogP contribution in [0.3, 0.4) is 0 Å². The van der Waals surface area contributed by atoms with E-state index in [2.05, 4.69) is 9.71 Å². The van der Waals surface area contributed by atoms with E-state index >= 15 is 0 Å². The zero-order valence-corrected chi connectivity index (χ0v) is 12.2. The van der Waals surface area contributed by atoms with Crippen molar-refractivity contribution in [1.82, 2.24) is 9.71 Å². The van der Waals surface area contributed by atoms with Gasteiger partial charge in [0.2, 0.25) is 0 Å². The SMILES string of the molecule is Cc1nc(-c2ccc(CCNS(N)(=O)=O)s2)cs1. The van der Waals surface area contributed by atoms with E-state index in [1.807, 2.05) is 24.4 Å². The number of aryl methyl sites for hydroxylation is 1. The Morgan fingerprint density at radius 3 is 2.83 bits per heavy atom. The normalized spacial score (nSPS) is 11.9. The number of hydrogen-bond acceptors (Lipinski definition) is 5. The summed E-state index contributed by atoms with van der Waals surface area (Å²) < 4.78 is 23.7. The maximum atomic E-state index is 10.7. The summed E-state index contributed by atoms with van der Waals surface area (Å²) in [6.07, 6.45) is 0.629. The molecule has 0 unspecified atom stereocenters. The van der Waals surface area contributed by atoms with Gasteiger partial charge in [-0.25, -0.2) is 14.8 Å². The van der Waals surface area contributed by atoms with E-state index in [1.54, 1.807) is 22.7 Å². The molecule has 2 aromatic heterocycles. The van der Waals surface area contributed by atoms with Gasteiger partial charge in [0, 0.05) is 16.8 Å². The van der Waals surface area contributed by atoms with Crippen LogP contribution in [0.4, 0.5) is 0 Å². The number of thiazole rings is 1. The molecule has 0 aliphatic rings. The van der Waals surface area contributed by atoms with Gasteiger partial charge in [-0.1, -0.05) is 0 Å². The van der Waals surface area contributed by atoms with E-state index in [1.165, 1.54) is 0 Å². The van der Waals surface area contributed by atoms with E-state index in [-0.39, 0.29) is 0 Å². The van der Waals surface area contributed by atoms with E-state index in [9.17, 15) is 8.42 Å². The number of nitrogens with one attached hydrogen (secondary N) is 1. The lowest BCUT2D eigenvalue weighted by atomic mass is 10.3. The quantitative estimate of drug-likeness (QED) is 0.878.